The molecule has 1 aromatic carbocycles. The van der Waals surface area contributed by atoms with E-state index in [4.69, 9.17) is 4.74 Å². The van der Waals surface area contributed by atoms with Gasteiger partial charge in [0.1, 0.15) is 5.82 Å². The molecule has 0 bridgehead atoms. The number of benzene rings is 1. The van der Waals surface area contributed by atoms with E-state index in [-0.39, 0.29) is 10.8 Å². The number of imidazole rings is 1. The zero-order valence-corrected chi connectivity index (χ0v) is 21.1. The average Bonchev–Trinajstić information content (AvgIpc) is 3.17. The molecule has 2 saturated heterocycles. The van der Waals surface area contributed by atoms with Gasteiger partial charge in [-0.2, -0.15) is 4.31 Å². The zero-order chi connectivity index (χ0) is 24.1. The van der Waals surface area contributed by atoms with E-state index in [0.29, 0.717) is 57.2 Å². The van der Waals surface area contributed by atoms with Crippen molar-refractivity contribution in [2.75, 3.05) is 45.9 Å². The molecule has 0 radical (unpaired) electrons. The number of nitrogens with one attached hydrogen (secondary N) is 1. The molecule has 2 aliphatic rings. The summed E-state index contributed by atoms with van der Waals surface area (Å²) in [5.74, 6) is 0.794. The van der Waals surface area contributed by atoms with E-state index < -0.39 is 10.0 Å². The van der Waals surface area contributed by atoms with Gasteiger partial charge in [-0.05, 0) is 50.9 Å². The number of carbonyl (C=O) groups excluding carboxylic acids is 1. The number of hydrogen-bond donors (Lipinski definition) is 1. The summed E-state index contributed by atoms with van der Waals surface area (Å²) in [6.07, 6.45) is 5.69. The molecule has 1 aromatic heterocycles. The zero-order valence-electron chi connectivity index (χ0n) is 20.3. The van der Waals surface area contributed by atoms with Crippen LogP contribution in [0.4, 0.5) is 0 Å². The van der Waals surface area contributed by atoms with Gasteiger partial charge in [-0.1, -0.05) is 6.42 Å². The van der Waals surface area contributed by atoms with E-state index in [1.54, 1.807) is 18.2 Å². The summed E-state index contributed by atoms with van der Waals surface area (Å²) >= 11 is 0. The molecular formula is C24H37N5O4S. The first kappa shape index (κ1) is 25.1. The summed E-state index contributed by atoms with van der Waals surface area (Å²) in [7, 11) is -1.67. The second kappa shape index (κ2) is 11.2. The van der Waals surface area contributed by atoms with Crippen LogP contribution in [0.15, 0.2) is 23.1 Å². The smallest absolute Gasteiger partial charge is 0.243 e. The lowest BCUT2D eigenvalue weighted by molar-refractivity contribution is -0.121. The van der Waals surface area contributed by atoms with Gasteiger partial charge in [0.25, 0.3) is 0 Å². The van der Waals surface area contributed by atoms with Crippen LogP contribution in [0.25, 0.3) is 11.0 Å². The van der Waals surface area contributed by atoms with E-state index in [0.717, 1.165) is 30.9 Å². The van der Waals surface area contributed by atoms with Gasteiger partial charge >= 0.3 is 0 Å². The third kappa shape index (κ3) is 5.79. The van der Waals surface area contributed by atoms with E-state index >= 15 is 0 Å². The second-order valence-electron chi connectivity index (χ2n) is 9.34. The fraction of sp³-hybridized carbons (Fsp3) is 0.667. The lowest BCUT2D eigenvalue weighted by Crippen LogP contribution is -2.40. The maximum absolute atomic E-state index is 13.0. The fourth-order valence-electron chi connectivity index (χ4n) is 4.86. The van der Waals surface area contributed by atoms with Gasteiger partial charge in [-0.3, -0.25) is 4.79 Å². The minimum Gasteiger partial charge on any atom is -0.379 e. The molecule has 10 heteroatoms. The number of rotatable bonds is 9. The highest BCUT2D eigenvalue weighted by atomic mass is 32.2. The van der Waals surface area contributed by atoms with Crippen molar-refractivity contribution < 1.29 is 17.9 Å². The molecule has 1 unspecified atom stereocenters. The highest BCUT2D eigenvalue weighted by molar-refractivity contribution is 7.89. The number of piperidine rings is 1. The summed E-state index contributed by atoms with van der Waals surface area (Å²) < 4.78 is 34.6. The number of hydrogen-bond acceptors (Lipinski definition) is 6. The monoisotopic (exact) mass is 491 g/mol. The number of ether oxygens (including phenoxy) is 1. The standard InChI is InChI=1S/C24H37N5O4S/c1-19-6-3-4-12-28(19)13-5-11-25-24(30)10-9-23-26-21-18-20(7-8-22(21)27(23)2)34(31,32)29-14-16-33-17-15-29/h7-8,18-19H,3-6,9-17H2,1-2H3,(H,25,30). The molecule has 0 saturated carbocycles. The number of aryl methyl sites for hydroxylation is 2. The fourth-order valence-corrected chi connectivity index (χ4v) is 6.29. The van der Waals surface area contributed by atoms with Crippen LogP contribution in [0.1, 0.15) is 44.9 Å². The van der Waals surface area contributed by atoms with Crippen molar-refractivity contribution in [3.8, 4) is 0 Å². The SMILES string of the molecule is CC1CCCCN1CCCNC(=O)CCc1nc2cc(S(=O)(=O)N3CCOCC3)ccc2n1C. The predicted molar refractivity (Wildman–Crippen MR) is 131 cm³/mol. The van der Waals surface area contributed by atoms with Crippen molar-refractivity contribution in [2.45, 2.75) is 56.4 Å². The number of fused-ring (bicyclic) bond motifs is 1. The quantitative estimate of drug-likeness (QED) is 0.539. The van der Waals surface area contributed by atoms with Gasteiger partial charge in [0, 0.05) is 52.1 Å². The molecule has 4 rings (SSSR count). The van der Waals surface area contributed by atoms with Crippen molar-refractivity contribution in [3.05, 3.63) is 24.0 Å². The Morgan fingerprint density at radius 2 is 2.00 bits per heavy atom. The number of morpholine rings is 1. The van der Waals surface area contributed by atoms with Gasteiger partial charge < -0.3 is 19.5 Å². The van der Waals surface area contributed by atoms with Crippen LogP contribution in [-0.2, 0) is 33.0 Å². The lowest BCUT2D eigenvalue weighted by Gasteiger charge is -2.33. The van der Waals surface area contributed by atoms with Crippen molar-refractivity contribution in [1.29, 1.82) is 0 Å². The van der Waals surface area contributed by atoms with Crippen molar-refractivity contribution in [1.82, 2.24) is 24.1 Å². The Balaban J connectivity index is 1.30. The Morgan fingerprint density at radius 3 is 2.76 bits per heavy atom. The Kier molecular flexibility index (Phi) is 8.23. The largest absolute Gasteiger partial charge is 0.379 e. The topological polar surface area (TPSA) is 96.8 Å². The van der Waals surface area contributed by atoms with E-state index in [2.05, 4.69) is 22.1 Å². The first-order chi connectivity index (χ1) is 16.4. The Hall–Kier alpha value is -2.01. The molecule has 2 aliphatic heterocycles. The Labute approximate surface area is 202 Å². The Morgan fingerprint density at radius 1 is 1.21 bits per heavy atom. The molecule has 2 aromatic rings. The molecular weight excluding hydrogens is 454 g/mol. The van der Waals surface area contributed by atoms with Gasteiger partial charge in [0.05, 0.1) is 29.1 Å². The molecule has 1 N–H and O–H groups in total. The number of likely N-dealkylation sites (tertiary alicyclic amines) is 1. The molecule has 1 amide bonds. The second-order valence-corrected chi connectivity index (χ2v) is 11.3. The maximum atomic E-state index is 13.0. The van der Waals surface area contributed by atoms with Crippen molar-refractivity contribution in [2.24, 2.45) is 7.05 Å². The molecule has 0 aliphatic carbocycles. The number of amides is 1. The van der Waals surface area contributed by atoms with Gasteiger partial charge in [-0.25, -0.2) is 13.4 Å². The van der Waals surface area contributed by atoms with E-state index in [1.807, 2.05) is 11.6 Å². The minimum atomic E-state index is -3.57. The normalized spacial score (nSPS) is 20.6. The average molecular weight is 492 g/mol. The molecule has 1 atom stereocenters. The van der Waals surface area contributed by atoms with Crippen molar-refractivity contribution in [3.63, 3.8) is 0 Å². The summed E-state index contributed by atoms with van der Waals surface area (Å²) in [5, 5.41) is 3.03. The van der Waals surface area contributed by atoms with Crippen LogP contribution in [-0.4, -0.2) is 85.1 Å². The number of nitrogens with zero attached hydrogens (tertiary/aromatic N) is 4. The molecule has 188 valence electrons. The minimum absolute atomic E-state index is 0.0225. The van der Waals surface area contributed by atoms with E-state index in [9.17, 15) is 13.2 Å². The molecule has 0 spiro atoms. The van der Waals surface area contributed by atoms with Crippen LogP contribution in [0.2, 0.25) is 0 Å². The van der Waals surface area contributed by atoms with Gasteiger partial charge in [0.2, 0.25) is 15.9 Å². The van der Waals surface area contributed by atoms with Crippen LogP contribution >= 0.6 is 0 Å². The first-order valence-corrected chi connectivity index (χ1v) is 13.8. The van der Waals surface area contributed by atoms with Crippen LogP contribution in [0.5, 0.6) is 0 Å². The first-order valence-electron chi connectivity index (χ1n) is 12.4. The molecule has 2 fully saturated rings. The summed E-state index contributed by atoms with van der Waals surface area (Å²) in [6, 6.07) is 5.70. The highest BCUT2D eigenvalue weighted by Gasteiger charge is 2.27. The maximum Gasteiger partial charge on any atom is 0.243 e. The molecule has 34 heavy (non-hydrogen) atoms. The summed E-state index contributed by atoms with van der Waals surface area (Å²) in [5.41, 5.74) is 1.48. The van der Waals surface area contributed by atoms with Crippen molar-refractivity contribution >= 4 is 27.0 Å². The van der Waals surface area contributed by atoms with Gasteiger partial charge in [-0.15, -0.1) is 0 Å². The Bertz CT molecular complexity index is 1090. The van der Waals surface area contributed by atoms with Crippen LogP contribution in [0, 0.1) is 0 Å². The number of aromatic nitrogens is 2. The lowest BCUT2D eigenvalue weighted by atomic mass is 10.0. The van der Waals surface area contributed by atoms with Gasteiger partial charge in [0.15, 0.2) is 0 Å². The molecule has 3 heterocycles. The van der Waals surface area contributed by atoms with E-state index in [1.165, 1.54) is 23.6 Å². The summed E-state index contributed by atoms with van der Waals surface area (Å²) in [4.78, 5) is 19.8. The highest BCUT2D eigenvalue weighted by Crippen LogP contribution is 2.23. The third-order valence-corrected chi connectivity index (χ3v) is 8.91. The third-order valence-electron chi connectivity index (χ3n) is 7.01. The van der Waals surface area contributed by atoms with Crippen LogP contribution < -0.4 is 5.32 Å². The number of carbonyl (C=O) groups is 1. The summed E-state index contributed by atoms with van der Waals surface area (Å²) in [6.45, 7) is 6.71. The van der Waals surface area contributed by atoms with Crippen LogP contribution in [0.3, 0.4) is 0 Å². The number of sulfonamides is 1. The molecule has 9 nitrogen and oxygen atoms in total. The predicted octanol–water partition coefficient (Wildman–Crippen LogP) is 1.91.